The molecule has 0 fully saturated rings. The number of hydrogen-bond acceptors (Lipinski definition) is 6. The molecule has 7 nitrogen and oxygen atoms in total. The van der Waals surface area contributed by atoms with Crippen molar-refractivity contribution in [2.45, 2.75) is 27.1 Å². The number of benzene rings is 2. The zero-order valence-electron chi connectivity index (χ0n) is 18.5. The maximum Gasteiger partial charge on any atom is 0.337 e. The summed E-state index contributed by atoms with van der Waals surface area (Å²) in [5, 5.41) is 0. The van der Waals surface area contributed by atoms with Gasteiger partial charge in [-0.3, -0.25) is 14.2 Å². The van der Waals surface area contributed by atoms with E-state index in [2.05, 4.69) is 15.9 Å². The number of nitrogens with zero attached hydrogens (tertiary/aromatic N) is 1. The maximum absolute atomic E-state index is 14.0. The third kappa shape index (κ3) is 5.51. The molecule has 0 unspecified atom stereocenters. The van der Waals surface area contributed by atoms with Crippen LogP contribution >= 0.6 is 15.9 Å². The van der Waals surface area contributed by atoms with Crippen LogP contribution in [0.3, 0.4) is 0 Å². The third-order valence-corrected chi connectivity index (χ3v) is 5.61. The van der Waals surface area contributed by atoms with Gasteiger partial charge in [0.05, 0.1) is 24.1 Å². The smallest absolute Gasteiger partial charge is 0.337 e. The number of aromatic nitrogens is 1. The minimum atomic E-state index is -0.792. The van der Waals surface area contributed by atoms with Crippen LogP contribution in [0, 0.1) is 18.6 Å². The highest BCUT2D eigenvalue weighted by molar-refractivity contribution is 9.10. The Morgan fingerprint density at radius 1 is 1.06 bits per heavy atom. The fraction of sp³-hybridized carbons (Fsp3) is 0.208. The van der Waals surface area contributed by atoms with E-state index in [1.54, 1.807) is 19.1 Å². The number of esters is 2. The highest BCUT2D eigenvalue weighted by Gasteiger charge is 2.20. The predicted octanol–water partition coefficient (Wildman–Crippen LogP) is 4.62. The molecular formula is C24H20BrF2NO6. The van der Waals surface area contributed by atoms with E-state index < -0.39 is 29.1 Å². The van der Waals surface area contributed by atoms with Crippen molar-refractivity contribution in [3.05, 3.63) is 91.3 Å². The van der Waals surface area contributed by atoms with Gasteiger partial charge in [0.25, 0.3) is 5.56 Å². The van der Waals surface area contributed by atoms with Crippen LogP contribution in [0.15, 0.2) is 51.7 Å². The summed E-state index contributed by atoms with van der Waals surface area (Å²) in [6, 6.07) is 9.22. The van der Waals surface area contributed by atoms with Gasteiger partial charge in [-0.2, -0.15) is 0 Å². The Bertz CT molecular complexity index is 1320. The largest absolute Gasteiger partial charge is 0.487 e. The molecular weight excluding hydrogens is 516 g/mol. The van der Waals surface area contributed by atoms with E-state index in [4.69, 9.17) is 14.2 Å². The lowest BCUT2D eigenvalue weighted by Crippen LogP contribution is -2.25. The van der Waals surface area contributed by atoms with Crippen molar-refractivity contribution >= 4 is 27.9 Å². The molecule has 0 atom stereocenters. The van der Waals surface area contributed by atoms with Gasteiger partial charge >= 0.3 is 11.9 Å². The lowest BCUT2D eigenvalue weighted by molar-refractivity contribution is -0.142. The summed E-state index contributed by atoms with van der Waals surface area (Å²) in [4.78, 5) is 36.8. The Balaban J connectivity index is 2.10. The topological polar surface area (TPSA) is 83.8 Å². The van der Waals surface area contributed by atoms with Crippen molar-refractivity contribution < 1.29 is 32.6 Å². The van der Waals surface area contributed by atoms with Gasteiger partial charge < -0.3 is 14.2 Å². The number of methoxy groups -OCH3 is 1. The molecule has 1 aromatic heterocycles. The Morgan fingerprint density at radius 2 is 1.79 bits per heavy atom. The van der Waals surface area contributed by atoms with Crippen LogP contribution in [0.1, 0.15) is 34.1 Å². The van der Waals surface area contributed by atoms with E-state index >= 15 is 0 Å². The SMILES string of the molecule is COC(=O)c1ccc(C)c(-n2c(COC(C)=O)cc(OCc3ccc(F)cc3F)c(Br)c2=O)c1. The summed E-state index contributed by atoms with van der Waals surface area (Å²) >= 11 is 3.22. The van der Waals surface area contributed by atoms with E-state index in [1.165, 1.54) is 36.8 Å². The van der Waals surface area contributed by atoms with Gasteiger partial charge in [-0.05, 0) is 52.7 Å². The summed E-state index contributed by atoms with van der Waals surface area (Å²) in [6.07, 6.45) is 0. The lowest BCUT2D eigenvalue weighted by atomic mass is 10.1. The van der Waals surface area contributed by atoms with Crippen LogP contribution in [0.25, 0.3) is 5.69 Å². The maximum atomic E-state index is 14.0. The van der Waals surface area contributed by atoms with Crippen molar-refractivity contribution in [1.82, 2.24) is 4.57 Å². The molecule has 178 valence electrons. The Kier molecular flexibility index (Phi) is 7.83. The number of carbonyl (C=O) groups excluding carboxylic acids is 2. The zero-order valence-corrected chi connectivity index (χ0v) is 20.1. The fourth-order valence-corrected chi connectivity index (χ4v) is 3.56. The molecule has 10 heteroatoms. The van der Waals surface area contributed by atoms with Crippen LogP contribution < -0.4 is 10.3 Å². The zero-order chi connectivity index (χ0) is 25.0. The van der Waals surface area contributed by atoms with Crippen LogP contribution in [0.4, 0.5) is 8.78 Å². The summed E-state index contributed by atoms with van der Waals surface area (Å²) in [6.45, 7) is 2.41. The molecule has 3 aromatic rings. The quantitative estimate of drug-likeness (QED) is 0.410. The first-order chi connectivity index (χ1) is 16.1. The number of aryl methyl sites for hydroxylation is 1. The molecule has 2 aromatic carbocycles. The van der Waals surface area contributed by atoms with Gasteiger partial charge in [-0.15, -0.1) is 0 Å². The van der Waals surface area contributed by atoms with Crippen LogP contribution in [-0.4, -0.2) is 23.6 Å². The Morgan fingerprint density at radius 3 is 2.44 bits per heavy atom. The third-order valence-electron chi connectivity index (χ3n) is 4.88. The van der Waals surface area contributed by atoms with Crippen LogP contribution in [0.2, 0.25) is 0 Å². The lowest BCUT2D eigenvalue weighted by Gasteiger charge is -2.19. The molecule has 0 amide bonds. The van der Waals surface area contributed by atoms with Gasteiger partial charge in [0.1, 0.15) is 35.1 Å². The molecule has 0 saturated carbocycles. The molecule has 0 aliphatic heterocycles. The van der Waals surface area contributed by atoms with E-state index in [9.17, 15) is 23.2 Å². The van der Waals surface area contributed by atoms with E-state index in [-0.39, 0.29) is 40.3 Å². The number of ether oxygens (including phenoxy) is 3. The second-order valence-corrected chi connectivity index (χ2v) is 8.04. The molecule has 0 saturated heterocycles. The molecule has 0 aliphatic rings. The highest BCUT2D eigenvalue weighted by atomic mass is 79.9. The number of pyridine rings is 1. The molecule has 3 rings (SSSR count). The Hall–Kier alpha value is -3.53. The number of hydrogen-bond donors (Lipinski definition) is 0. The average molecular weight is 536 g/mol. The van der Waals surface area contributed by atoms with Crippen molar-refractivity contribution in [3.8, 4) is 11.4 Å². The van der Waals surface area contributed by atoms with Gasteiger partial charge in [-0.25, -0.2) is 13.6 Å². The van der Waals surface area contributed by atoms with Gasteiger partial charge in [-0.1, -0.05) is 6.07 Å². The summed E-state index contributed by atoms with van der Waals surface area (Å²) in [5.41, 5.74) is 1.00. The van der Waals surface area contributed by atoms with Crippen LogP contribution in [0.5, 0.6) is 5.75 Å². The van der Waals surface area contributed by atoms with Gasteiger partial charge in [0, 0.05) is 24.6 Å². The number of rotatable bonds is 7. The summed E-state index contributed by atoms with van der Waals surface area (Å²) < 4.78 is 44.0. The standard InChI is InChI=1S/C24H20BrF2NO6/c1-13-4-5-15(24(31)32-3)8-20(13)28-18(12-33-14(2)29)10-21(22(25)23(28)30)34-11-16-6-7-17(26)9-19(16)27/h4-10H,11-12H2,1-3H3. The monoisotopic (exact) mass is 535 g/mol. The molecule has 0 aliphatic carbocycles. The fourth-order valence-electron chi connectivity index (χ4n) is 3.15. The minimum absolute atomic E-state index is 0.0180. The number of carbonyl (C=O) groups is 2. The van der Waals surface area contributed by atoms with Crippen LogP contribution in [-0.2, 0) is 27.5 Å². The van der Waals surface area contributed by atoms with E-state index in [0.29, 0.717) is 11.3 Å². The second kappa shape index (κ2) is 10.6. The van der Waals surface area contributed by atoms with E-state index in [1.807, 2.05) is 0 Å². The second-order valence-electron chi connectivity index (χ2n) is 7.25. The molecule has 1 heterocycles. The van der Waals surface area contributed by atoms with Crippen molar-refractivity contribution in [2.24, 2.45) is 0 Å². The highest BCUT2D eigenvalue weighted by Crippen LogP contribution is 2.27. The predicted molar refractivity (Wildman–Crippen MR) is 122 cm³/mol. The minimum Gasteiger partial charge on any atom is -0.487 e. The van der Waals surface area contributed by atoms with Crippen molar-refractivity contribution in [1.29, 1.82) is 0 Å². The Labute approximate surface area is 202 Å². The first-order valence-corrected chi connectivity index (χ1v) is 10.8. The average Bonchev–Trinajstić information content (AvgIpc) is 2.80. The van der Waals surface area contributed by atoms with Crippen molar-refractivity contribution in [2.75, 3.05) is 7.11 Å². The molecule has 0 spiro atoms. The number of halogens is 3. The van der Waals surface area contributed by atoms with E-state index in [0.717, 1.165) is 12.1 Å². The van der Waals surface area contributed by atoms with Gasteiger partial charge in [0.15, 0.2) is 0 Å². The molecule has 0 radical (unpaired) electrons. The van der Waals surface area contributed by atoms with Gasteiger partial charge in [0.2, 0.25) is 0 Å². The first-order valence-electron chi connectivity index (χ1n) is 9.96. The molecule has 0 bridgehead atoms. The first kappa shape index (κ1) is 25.1. The van der Waals surface area contributed by atoms with Crippen molar-refractivity contribution in [3.63, 3.8) is 0 Å². The normalized spacial score (nSPS) is 10.6. The summed E-state index contributed by atoms with van der Waals surface area (Å²) in [7, 11) is 1.24. The molecule has 34 heavy (non-hydrogen) atoms. The summed E-state index contributed by atoms with van der Waals surface area (Å²) in [5.74, 6) is -2.61. The molecule has 0 N–H and O–H groups in total.